The fraction of sp³-hybridized carbons (Fsp3) is 0.385. The minimum atomic E-state index is 0.554. The molecule has 15 heavy (non-hydrogen) atoms. The number of aromatic amines is 1. The van der Waals surface area contributed by atoms with E-state index in [-0.39, 0.29) is 0 Å². The van der Waals surface area contributed by atoms with E-state index in [1.807, 2.05) is 0 Å². The first-order valence-electron chi connectivity index (χ1n) is 5.53. The summed E-state index contributed by atoms with van der Waals surface area (Å²) in [5.74, 6) is 0.554. The van der Waals surface area contributed by atoms with Crippen molar-refractivity contribution in [1.29, 1.82) is 0 Å². The second-order valence-corrected chi connectivity index (χ2v) is 4.30. The molecule has 2 aromatic rings. The van der Waals surface area contributed by atoms with Crippen LogP contribution in [0.2, 0.25) is 0 Å². The lowest BCUT2D eigenvalue weighted by atomic mass is 10.0. The predicted octanol–water partition coefficient (Wildman–Crippen LogP) is 2.79. The van der Waals surface area contributed by atoms with E-state index < -0.39 is 0 Å². The molecule has 1 aromatic heterocycles. The van der Waals surface area contributed by atoms with E-state index >= 15 is 0 Å². The highest BCUT2D eigenvalue weighted by molar-refractivity contribution is 5.84. The zero-order valence-corrected chi connectivity index (χ0v) is 9.38. The Bertz CT molecular complexity index is 455. The van der Waals surface area contributed by atoms with Crippen molar-refractivity contribution in [3.05, 3.63) is 35.5 Å². The second-order valence-electron chi connectivity index (χ2n) is 4.30. The van der Waals surface area contributed by atoms with Gasteiger partial charge in [0.25, 0.3) is 0 Å². The van der Waals surface area contributed by atoms with Gasteiger partial charge in [-0.15, -0.1) is 0 Å². The number of benzene rings is 1. The molecule has 0 radical (unpaired) electrons. The molecule has 2 rings (SSSR count). The van der Waals surface area contributed by atoms with Crippen LogP contribution in [0.5, 0.6) is 0 Å². The van der Waals surface area contributed by atoms with Crippen molar-refractivity contribution in [2.24, 2.45) is 5.73 Å². The number of rotatable bonds is 3. The summed E-state index contributed by atoms with van der Waals surface area (Å²) in [6, 6.07) is 8.67. The molecular weight excluding hydrogens is 184 g/mol. The average Bonchev–Trinajstić information content (AvgIpc) is 2.59. The molecule has 1 heterocycles. The third-order valence-corrected chi connectivity index (χ3v) is 2.78. The molecule has 0 aliphatic heterocycles. The Morgan fingerprint density at radius 1 is 1.33 bits per heavy atom. The lowest BCUT2D eigenvalue weighted by molar-refractivity contribution is 0.871. The monoisotopic (exact) mass is 202 g/mol. The van der Waals surface area contributed by atoms with Gasteiger partial charge in [0.15, 0.2) is 0 Å². The van der Waals surface area contributed by atoms with Crippen molar-refractivity contribution in [3.8, 4) is 0 Å². The molecule has 0 saturated carbocycles. The van der Waals surface area contributed by atoms with E-state index in [0.29, 0.717) is 12.5 Å². The summed E-state index contributed by atoms with van der Waals surface area (Å²) in [6.45, 7) is 5.14. The molecule has 0 fully saturated rings. The van der Waals surface area contributed by atoms with Crippen molar-refractivity contribution < 1.29 is 0 Å². The fourth-order valence-corrected chi connectivity index (χ4v) is 2.01. The van der Waals surface area contributed by atoms with Crippen LogP contribution in [0.4, 0.5) is 0 Å². The molecule has 2 nitrogen and oxygen atoms in total. The van der Waals surface area contributed by atoms with Gasteiger partial charge < -0.3 is 10.7 Å². The third kappa shape index (κ3) is 1.90. The maximum atomic E-state index is 5.56. The van der Waals surface area contributed by atoms with Gasteiger partial charge >= 0.3 is 0 Å². The maximum absolute atomic E-state index is 5.56. The molecule has 0 spiro atoms. The summed E-state index contributed by atoms with van der Waals surface area (Å²) in [6.07, 6.45) is 0.923. The van der Waals surface area contributed by atoms with Crippen molar-refractivity contribution >= 4 is 10.9 Å². The Kier molecular flexibility index (Phi) is 2.78. The molecule has 3 N–H and O–H groups in total. The number of fused-ring (bicyclic) bond motifs is 1. The number of H-pyrrole nitrogens is 1. The van der Waals surface area contributed by atoms with Crippen LogP contribution < -0.4 is 5.73 Å². The number of para-hydroxylation sites is 1. The van der Waals surface area contributed by atoms with Gasteiger partial charge in [-0.05, 0) is 35.9 Å². The van der Waals surface area contributed by atoms with Gasteiger partial charge in [0.05, 0.1) is 0 Å². The van der Waals surface area contributed by atoms with Gasteiger partial charge in [-0.25, -0.2) is 0 Å². The molecule has 80 valence electrons. The lowest BCUT2D eigenvalue weighted by Gasteiger charge is -2.06. The topological polar surface area (TPSA) is 41.8 Å². The van der Waals surface area contributed by atoms with Crippen LogP contribution in [0.1, 0.15) is 31.0 Å². The Morgan fingerprint density at radius 2 is 2.13 bits per heavy atom. The quantitative estimate of drug-likeness (QED) is 0.789. The molecule has 0 bridgehead atoms. The van der Waals surface area contributed by atoms with Crippen LogP contribution in [0.3, 0.4) is 0 Å². The SMILES string of the molecule is CC(C)c1cccc2cc(CCN)[nH]c12. The van der Waals surface area contributed by atoms with Crippen LogP contribution in [0, 0.1) is 0 Å². The standard InChI is InChI=1S/C13H18N2/c1-9(2)12-5-3-4-10-8-11(6-7-14)15-13(10)12/h3-5,8-9,15H,6-7,14H2,1-2H3. The molecule has 0 aliphatic rings. The van der Waals surface area contributed by atoms with Crippen molar-refractivity contribution in [2.75, 3.05) is 6.54 Å². The number of aromatic nitrogens is 1. The van der Waals surface area contributed by atoms with E-state index in [9.17, 15) is 0 Å². The molecule has 0 saturated heterocycles. The third-order valence-electron chi connectivity index (χ3n) is 2.78. The highest BCUT2D eigenvalue weighted by Gasteiger charge is 2.07. The van der Waals surface area contributed by atoms with Crippen LogP contribution in [-0.2, 0) is 6.42 Å². The summed E-state index contributed by atoms with van der Waals surface area (Å²) < 4.78 is 0. The van der Waals surface area contributed by atoms with Gasteiger partial charge in [-0.2, -0.15) is 0 Å². The van der Waals surface area contributed by atoms with Crippen molar-refractivity contribution in [3.63, 3.8) is 0 Å². The Morgan fingerprint density at radius 3 is 2.80 bits per heavy atom. The summed E-state index contributed by atoms with van der Waals surface area (Å²) in [4.78, 5) is 3.47. The largest absolute Gasteiger partial charge is 0.358 e. The zero-order valence-electron chi connectivity index (χ0n) is 9.38. The van der Waals surface area contributed by atoms with E-state index in [0.717, 1.165) is 6.42 Å². The smallest absolute Gasteiger partial charge is 0.0491 e. The lowest BCUT2D eigenvalue weighted by Crippen LogP contribution is -2.02. The van der Waals surface area contributed by atoms with Gasteiger partial charge in [0, 0.05) is 11.2 Å². The molecule has 0 unspecified atom stereocenters. The molecule has 0 amide bonds. The van der Waals surface area contributed by atoms with E-state index in [4.69, 9.17) is 5.73 Å². The summed E-state index contributed by atoms with van der Waals surface area (Å²) in [5.41, 5.74) is 9.46. The van der Waals surface area contributed by atoms with Crippen molar-refractivity contribution in [1.82, 2.24) is 4.98 Å². The van der Waals surface area contributed by atoms with Crippen molar-refractivity contribution in [2.45, 2.75) is 26.2 Å². The van der Waals surface area contributed by atoms with Gasteiger partial charge in [-0.3, -0.25) is 0 Å². The highest BCUT2D eigenvalue weighted by atomic mass is 14.7. The molecule has 0 aliphatic carbocycles. The van der Waals surface area contributed by atoms with Crippen LogP contribution >= 0.6 is 0 Å². The fourth-order valence-electron chi connectivity index (χ4n) is 2.01. The Labute approximate surface area is 90.5 Å². The summed E-state index contributed by atoms with van der Waals surface area (Å²) in [7, 11) is 0. The molecule has 1 aromatic carbocycles. The maximum Gasteiger partial charge on any atom is 0.0491 e. The van der Waals surface area contributed by atoms with Crippen LogP contribution in [0.15, 0.2) is 24.3 Å². The highest BCUT2D eigenvalue weighted by Crippen LogP contribution is 2.25. The first-order chi connectivity index (χ1) is 7.22. The minimum absolute atomic E-state index is 0.554. The Hall–Kier alpha value is -1.28. The number of nitrogens with two attached hydrogens (primary N) is 1. The normalized spacial score (nSPS) is 11.5. The molecule has 2 heteroatoms. The number of hydrogen-bond acceptors (Lipinski definition) is 1. The second kappa shape index (κ2) is 4.07. The number of nitrogens with one attached hydrogen (secondary N) is 1. The summed E-state index contributed by atoms with van der Waals surface area (Å²) in [5, 5.41) is 1.30. The van der Waals surface area contributed by atoms with Crippen LogP contribution in [-0.4, -0.2) is 11.5 Å². The number of hydrogen-bond donors (Lipinski definition) is 2. The van der Waals surface area contributed by atoms with Gasteiger partial charge in [-0.1, -0.05) is 32.0 Å². The van der Waals surface area contributed by atoms with Gasteiger partial charge in [0.2, 0.25) is 0 Å². The predicted molar refractivity (Wildman–Crippen MR) is 65.1 cm³/mol. The zero-order chi connectivity index (χ0) is 10.8. The molecular formula is C13H18N2. The minimum Gasteiger partial charge on any atom is -0.358 e. The molecule has 0 atom stereocenters. The Balaban J connectivity index is 2.54. The van der Waals surface area contributed by atoms with E-state index in [1.54, 1.807) is 0 Å². The first kappa shape index (κ1) is 10.2. The van der Waals surface area contributed by atoms with E-state index in [2.05, 4.69) is 43.1 Å². The first-order valence-corrected chi connectivity index (χ1v) is 5.53. The van der Waals surface area contributed by atoms with Gasteiger partial charge in [0.1, 0.15) is 0 Å². The summed E-state index contributed by atoms with van der Waals surface area (Å²) >= 11 is 0. The van der Waals surface area contributed by atoms with Crippen LogP contribution in [0.25, 0.3) is 10.9 Å². The average molecular weight is 202 g/mol. The van der Waals surface area contributed by atoms with E-state index in [1.165, 1.54) is 22.2 Å².